The Morgan fingerprint density at radius 3 is 2.19 bits per heavy atom. The van der Waals surface area contributed by atoms with Gasteiger partial charge in [0.25, 0.3) is 0 Å². The summed E-state index contributed by atoms with van der Waals surface area (Å²) in [6.07, 6.45) is 4.78. The third-order valence-corrected chi connectivity index (χ3v) is 3.30. The number of carboxylic acids is 1. The number of hydrogen-bond acceptors (Lipinski definition) is 3. The van der Waals surface area contributed by atoms with Gasteiger partial charge in [-0.1, -0.05) is 42.2 Å². The minimum Gasteiger partial charge on any atom is -0.480 e. The molecular formula is C11H15NO2S2. The molecule has 1 atom stereocenters. The highest BCUT2D eigenvalue weighted by Crippen LogP contribution is 2.17. The van der Waals surface area contributed by atoms with Crippen LogP contribution < -0.4 is 0 Å². The maximum atomic E-state index is 10.8. The van der Waals surface area contributed by atoms with Crippen LogP contribution in [0, 0.1) is 0 Å². The Morgan fingerprint density at radius 1 is 1.38 bits per heavy atom. The molecule has 0 aliphatic heterocycles. The summed E-state index contributed by atoms with van der Waals surface area (Å²) in [6, 6.07) is 0. The largest absolute Gasteiger partial charge is 0.480 e. The van der Waals surface area contributed by atoms with Gasteiger partial charge in [-0.25, -0.2) is 0 Å². The molecule has 3 nitrogen and oxygen atoms in total. The van der Waals surface area contributed by atoms with Crippen molar-refractivity contribution in [2.24, 2.45) is 0 Å². The van der Waals surface area contributed by atoms with Gasteiger partial charge in [-0.15, -0.1) is 19.7 Å². The van der Waals surface area contributed by atoms with Gasteiger partial charge in [-0.05, 0) is 0 Å². The summed E-state index contributed by atoms with van der Waals surface area (Å²) in [4.78, 5) is 12.6. The van der Waals surface area contributed by atoms with E-state index in [1.54, 1.807) is 12.2 Å². The summed E-state index contributed by atoms with van der Waals surface area (Å²) in [5.74, 6) is -0.945. The fourth-order valence-corrected chi connectivity index (χ4v) is 2.09. The molecule has 1 unspecified atom stereocenters. The molecule has 0 amide bonds. The summed E-state index contributed by atoms with van der Waals surface area (Å²) in [5, 5.41) is 8.14. The fraction of sp³-hybridized carbons (Fsp3) is 0.273. The number of hydrogen-bond donors (Lipinski definition) is 1. The molecule has 0 heterocycles. The maximum Gasteiger partial charge on any atom is 0.320 e. The van der Waals surface area contributed by atoms with Gasteiger partial charge in [0.1, 0.15) is 9.57 Å². The summed E-state index contributed by atoms with van der Waals surface area (Å²) in [7, 11) is 0. The van der Waals surface area contributed by atoms with Crippen molar-refractivity contribution in [3.63, 3.8) is 0 Å². The van der Waals surface area contributed by atoms with Crippen LogP contribution in [0.2, 0.25) is 0 Å². The van der Waals surface area contributed by atoms with Crippen molar-refractivity contribution in [2.45, 2.75) is 5.25 Å². The van der Waals surface area contributed by atoms with E-state index in [1.807, 2.05) is 4.90 Å². The van der Waals surface area contributed by atoms with Crippen molar-refractivity contribution in [3.05, 3.63) is 38.0 Å². The molecule has 88 valence electrons. The van der Waals surface area contributed by atoms with E-state index in [4.69, 9.17) is 17.3 Å². The number of thiocarbonyl (C=S) groups is 1. The van der Waals surface area contributed by atoms with E-state index < -0.39 is 11.2 Å². The second kappa shape index (κ2) is 8.13. The fourth-order valence-electron chi connectivity index (χ4n) is 0.918. The van der Waals surface area contributed by atoms with Crippen molar-refractivity contribution in [1.29, 1.82) is 0 Å². The van der Waals surface area contributed by atoms with E-state index in [9.17, 15) is 4.79 Å². The molecule has 5 heteroatoms. The Balaban J connectivity index is 4.48. The first kappa shape index (κ1) is 14.9. The zero-order valence-electron chi connectivity index (χ0n) is 8.96. The first-order valence-electron chi connectivity index (χ1n) is 4.59. The van der Waals surface area contributed by atoms with E-state index in [1.165, 1.54) is 6.08 Å². The monoisotopic (exact) mass is 257 g/mol. The highest BCUT2D eigenvalue weighted by atomic mass is 32.2. The Bertz CT molecular complexity index is 292. The minimum absolute atomic E-state index is 0.507. The van der Waals surface area contributed by atoms with Gasteiger partial charge in [0.05, 0.1) is 0 Å². The Hall–Kier alpha value is -1.07. The van der Waals surface area contributed by atoms with E-state index >= 15 is 0 Å². The van der Waals surface area contributed by atoms with Crippen molar-refractivity contribution >= 4 is 34.3 Å². The van der Waals surface area contributed by atoms with Gasteiger partial charge >= 0.3 is 5.97 Å². The standard InChI is InChI=1S/C11H15NO2S2/c1-4-7-12(8-5-2)11(15)16-9(6-3)10(13)14/h4-6,9H,1-3,7-8H2,(H,13,14). The molecule has 16 heavy (non-hydrogen) atoms. The lowest BCUT2D eigenvalue weighted by Crippen LogP contribution is -2.30. The summed E-state index contributed by atoms with van der Waals surface area (Å²) >= 11 is 6.24. The number of carboxylic acid groups (broad SMARTS) is 1. The van der Waals surface area contributed by atoms with Gasteiger partial charge in [0.2, 0.25) is 0 Å². The molecule has 1 N–H and O–H groups in total. The Kier molecular flexibility index (Phi) is 7.58. The van der Waals surface area contributed by atoms with Crippen molar-refractivity contribution in [1.82, 2.24) is 4.90 Å². The van der Waals surface area contributed by atoms with Crippen molar-refractivity contribution in [3.8, 4) is 0 Å². The molecular weight excluding hydrogens is 242 g/mol. The highest BCUT2D eigenvalue weighted by molar-refractivity contribution is 8.23. The molecule has 0 aromatic rings. The van der Waals surface area contributed by atoms with Crippen molar-refractivity contribution in [2.75, 3.05) is 13.1 Å². The Morgan fingerprint density at radius 2 is 1.88 bits per heavy atom. The van der Waals surface area contributed by atoms with Crippen LogP contribution in [0.15, 0.2) is 38.0 Å². The topological polar surface area (TPSA) is 40.5 Å². The van der Waals surface area contributed by atoms with Crippen LogP contribution in [0.4, 0.5) is 0 Å². The summed E-state index contributed by atoms with van der Waals surface area (Å²) in [5.41, 5.74) is 0. The van der Waals surface area contributed by atoms with Crippen LogP contribution in [0.5, 0.6) is 0 Å². The molecule has 0 aromatic carbocycles. The molecule has 0 radical (unpaired) electrons. The first-order chi connectivity index (χ1) is 7.56. The lowest BCUT2D eigenvalue weighted by Gasteiger charge is -2.22. The molecule has 0 spiro atoms. The molecule has 0 aromatic heterocycles. The van der Waals surface area contributed by atoms with Gasteiger partial charge in [0.15, 0.2) is 0 Å². The van der Waals surface area contributed by atoms with Crippen LogP contribution in [0.25, 0.3) is 0 Å². The number of thioether (sulfide) groups is 1. The van der Waals surface area contributed by atoms with Crippen LogP contribution >= 0.6 is 24.0 Å². The molecule has 0 saturated carbocycles. The van der Waals surface area contributed by atoms with E-state index in [2.05, 4.69) is 19.7 Å². The van der Waals surface area contributed by atoms with Crippen LogP contribution in [0.1, 0.15) is 0 Å². The highest BCUT2D eigenvalue weighted by Gasteiger charge is 2.18. The zero-order chi connectivity index (χ0) is 12.6. The number of aliphatic carboxylic acids is 1. The summed E-state index contributed by atoms with van der Waals surface area (Å²) < 4.78 is 0.507. The average Bonchev–Trinajstić information content (AvgIpc) is 2.24. The van der Waals surface area contributed by atoms with Crippen LogP contribution in [0.3, 0.4) is 0 Å². The second-order valence-electron chi connectivity index (χ2n) is 2.86. The number of rotatable bonds is 7. The predicted octanol–water partition coefficient (Wildman–Crippen LogP) is 2.32. The van der Waals surface area contributed by atoms with Crippen molar-refractivity contribution < 1.29 is 9.90 Å². The molecule has 0 saturated heterocycles. The SMILES string of the molecule is C=CCN(CC=C)C(=S)SC(C=C)C(=O)O. The molecule has 0 fully saturated rings. The minimum atomic E-state index is -0.945. The molecule has 0 bridgehead atoms. The number of carbonyl (C=O) groups is 1. The molecule has 0 aliphatic carbocycles. The number of nitrogens with zero attached hydrogens (tertiary/aromatic N) is 1. The van der Waals surface area contributed by atoms with Crippen LogP contribution in [-0.2, 0) is 4.79 Å². The predicted molar refractivity (Wildman–Crippen MR) is 73.8 cm³/mol. The second-order valence-corrected chi connectivity index (χ2v) is 4.64. The lowest BCUT2D eigenvalue weighted by molar-refractivity contribution is -0.135. The van der Waals surface area contributed by atoms with Gasteiger partial charge in [-0.2, -0.15) is 0 Å². The van der Waals surface area contributed by atoms with Gasteiger partial charge in [0, 0.05) is 13.1 Å². The first-order valence-corrected chi connectivity index (χ1v) is 5.88. The van der Waals surface area contributed by atoms with Gasteiger partial charge in [-0.3, -0.25) is 4.79 Å². The normalized spacial score (nSPS) is 11.2. The average molecular weight is 257 g/mol. The van der Waals surface area contributed by atoms with Gasteiger partial charge < -0.3 is 10.0 Å². The smallest absolute Gasteiger partial charge is 0.320 e. The Labute approximate surface area is 106 Å². The zero-order valence-corrected chi connectivity index (χ0v) is 10.6. The third-order valence-electron chi connectivity index (χ3n) is 1.64. The molecule has 0 rings (SSSR count). The lowest BCUT2D eigenvalue weighted by atomic mass is 10.4. The quantitative estimate of drug-likeness (QED) is 0.560. The van der Waals surface area contributed by atoms with E-state index in [-0.39, 0.29) is 0 Å². The van der Waals surface area contributed by atoms with E-state index in [0.717, 1.165) is 11.8 Å². The van der Waals surface area contributed by atoms with E-state index in [0.29, 0.717) is 17.4 Å². The third kappa shape index (κ3) is 5.14. The van der Waals surface area contributed by atoms with Crippen LogP contribution in [-0.4, -0.2) is 38.6 Å². The molecule has 0 aliphatic rings. The summed E-state index contributed by atoms with van der Waals surface area (Å²) in [6.45, 7) is 11.8. The maximum absolute atomic E-state index is 10.8.